The van der Waals surface area contributed by atoms with Crippen LogP contribution >= 0.6 is 35.6 Å². The Hall–Kier alpha value is -2.16. The lowest BCUT2D eigenvalue weighted by molar-refractivity contribution is -0.137. The average molecular weight is 454 g/mol. The summed E-state index contributed by atoms with van der Waals surface area (Å²) in [5.41, 5.74) is 0.431. The Labute approximate surface area is 181 Å². The minimum atomic E-state index is -0.823. The van der Waals surface area contributed by atoms with Crippen molar-refractivity contribution in [2.75, 3.05) is 6.54 Å². The van der Waals surface area contributed by atoms with Gasteiger partial charge in [-0.3, -0.25) is 14.5 Å². The van der Waals surface area contributed by atoms with E-state index < -0.39 is 11.8 Å². The number of unbranched alkanes of at least 4 members (excludes halogenated alkanes) is 2. The molecule has 152 valence electrons. The maximum absolute atomic E-state index is 13.5. The Kier molecular flexibility index (Phi) is 7.10. The Morgan fingerprint density at radius 1 is 1.28 bits per heavy atom. The summed E-state index contributed by atoms with van der Waals surface area (Å²) in [4.78, 5) is 25.1. The Morgan fingerprint density at radius 2 is 2.07 bits per heavy atom. The minimum absolute atomic E-state index is 0.119. The van der Waals surface area contributed by atoms with Crippen LogP contribution in [-0.4, -0.2) is 32.7 Å². The molecule has 0 atom stereocenters. The summed E-state index contributed by atoms with van der Waals surface area (Å²) in [5.74, 6) is -0.626. The zero-order chi connectivity index (χ0) is 21.0. The van der Waals surface area contributed by atoms with Gasteiger partial charge in [-0.2, -0.15) is 0 Å². The van der Waals surface area contributed by atoms with Crippen molar-refractivity contribution in [3.8, 4) is 11.3 Å². The highest BCUT2D eigenvalue weighted by Crippen LogP contribution is 2.35. The van der Waals surface area contributed by atoms with E-state index in [0.717, 1.165) is 0 Å². The molecule has 0 unspecified atom stereocenters. The zero-order valence-electron chi connectivity index (χ0n) is 15.2. The van der Waals surface area contributed by atoms with Gasteiger partial charge in [0.25, 0.3) is 5.91 Å². The van der Waals surface area contributed by atoms with Crippen LogP contribution in [0.5, 0.6) is 0 Å². The van der Waals surface area contributed by atoms with Gasteiger partial charge in [-0.05, 0) is 43.2 Å². The number of hydrogen-bond donors (Lipinski definition) is 1. The maximum atomic E-state index is 13.5. The predicted molar refractivity (Wildman–Crippen MR) is 115 cm³/mol. The molecule has 3 rings (SSSR count). The molecule has 5 nitrogen and oxygen atoms in total. The summed E-state index contributed by atoms with van der Waals surface area (Å²) >= 11 is 12.6. The van der Waals surface area contributed by atoms with Crippen molar-refractivity contribution in [3.05, 3.63) is 51.8 Å². The zero-order valence-corrected chi connectivity index (χ0v) is 17.6. The van der Waals surface area contributed by atoms with Crippen molar-refractivity contribution < 1.29 is 23.5 Å². The standard InChI is InChI=1S/C20H17ClFNO4S2/c21-15-7-5-12(22)10-14(15)16-8-6-13(27-16)11-17-19(26)23(20(28)29-17)9-3-1-2-4-18(24)25/h5-8,10-11H,1-4,9H2,(H,24,25)/b17-11-. The third kappa shape index (κ3) is 5.46. The Balaban J connectivity index is 1.66. The van der Waals surface area contributed by atoms with Crippen LogP contribution in [-0.2, 0) is 9.59 Å². The number of hydrogen-bond acceptors (Lipinski definition) is 5. The van der Waals surface area contributed by atoms with Gasteiger partial charge in [0.15, 0.2) is 0 Å². The molecule has 1 aromatic heterocycles. The monoisotopic (exact) mass is 453 g/mol. The van der Waals surface area contributed by atoms with E-state index in [9.17, 15) is 14.0 Å². The Morgan fingerprint density at radius 3 is 2.83 bits per heavy atom. The number of thioether (sulfide) groups is 1. The lowest BCUT2D eigenvalue weighted by atomic mass is 10.2. The van der Waals surface area contributed by atoms with Gasteiger partial charge >= 0.3 is 5.97 Å². The van der Waals surface area contributed by atoms with Gasteiger partial charge in [0.05, 0.1) is 9.93 Å². The molecule has 2 heterocycles. The summed E-state index contributed by atoms with van der Waals surface area (Å²) < 4.78 is 19.7. The first-order valence-electron chi connectivity index (χ1n) is 8.87. The summed E-state index contributed by atoms with van der Waals surface area (Å²) in [6, 6.07) is 7.35. The highest BCUT2D eigenvalue weighted by atomic mass is 35.5. The molecule has 1 aromatic carbocycles. The molecule has 2 aromatic rings. The number of carboxylic acid groups (broad SMARTS) is 1. The molecule has 1 aliphatic heterocycles. The third-order valence-electron chi connectivity index (χ3n) is 4.24. The van der Waals surface area contributed by atoms with Crippen LogP contribution in [0.2, 0.25) is 5.02 Å². The summed E-state index contributed by atoms with van der Waals surface area (Å²) in [6.45, 7) is 0.448. The van der Waals surface area contributed by atoms with Crippen LogP contribution in [0.1, 0.15) is 31.4 Å². The van der Waals surface area contributed by atoms with E-state index in [-0.39, 0.29) is 12.3 Å². The quantitative estimate of drug-likeness (QED) is 0.319. The van der Waals surface area contributed by atoms with Gasteiger partial charge in [0.1, 0.15) is 21.7 Å². The topological polar surface area (TPSA) is 70.8 Å². The second-order valence-corrected chi connectivity index (χ2v) is 8.45. The van der Waals surface area contributed by atoms with Crippen molar-refractivity contribution in [2.45, 2.75) is 25.7 Å². The fourth-order valence-electron chi connectivity index (χ4n) is 2.81. The number of amides is 1. The fourth-order valence-corrected chi connectivity index (χ4v) is 4.31. The van der Waals surface area contributed by atoms with E-state index in [2.05, 4.69) is 0 Å². The van der Waals surface area contributed by atoms with Crippen LogP contribution in [0.15, 0.2) is 39.7 Å². The number of carboxylic acids is 1. The molecule has 0 spiro atoms. The van der Waals surface area contributed by atoms with Gasteiger partial charge in [-0.25, -0.2) is 4.39 Å². The lowest BCUT2D eigenvalue weighted by Crippen LogP contribution is -2.29. The predicted octanol–water partition coefficient (Wildman–Crippen LogP) is 5.59. The number of rotatable bonds is 8. The Bertz CT molecular complexity index is 989. The molecular weight excluding hydrogens is 437 g/mol. The van der Waals surface area contributed by atoms with Gasteiger partial charge in [0.2, 0.25) is 0 Å². The number of benzene rings is 1. The molecule has 1 saturated heterocycles. The van der Waals surface area contributed by atoms with E-state index in [1.807, 2.05) is 0 Å². The highest BCUT2D eigenvalue weighted by molar-refractivity contribution is 8.26. The number of halogens is 2. The first-order valence-corrected chi connectivity index (χ1v) is 10.5. The fraction of sp³-hybridized carbons (Fsp3) is 0.250. The maximum Gasteiger partial charge on any atom is 0.303 e. The number of carbonyl (C=O) groups is 2. The van der Waals surface area contributed by atoms with Crippen LogP contribution in [0.4, 0.5) is 4.39 Å². The minimum Gasteiger partial charge on any atom is -0.481 e. The van der Waals surface area contributed by atoms with Crippen molar-refractivity contribution >= 4 is 57.9 Å². The second kappa shape index (κ2) is 9.56. The van der Waals surface area contributed by atoms with E-state index in [4.69, 9.17) is 33.3 Å². The molecule has 1 fully saturated rings. The van der Waals surface area contributed by atoms with Gasteiger partial charge < -0.3 is 9.52 Å². The molecule has 1 N–H and O–H groups in total. The van der Waals surface area contributed by atoms with Crippen molar-refractivity contribution in [1.82, 2.24) is 4.90 Å². The van der Waals surface area contributed by atoms with E-state index >= 15 is 0 Å². The van der Waals surface area contributed by atoms with Crippen LogP contribution < -0.4 is 0 Å². The molecule has 9 heteroatoms. The molecule has 0 saturated carbocycles. The molecule has 0 radical (unpaired) electrons. The largest absolute Gasteiger partial charge is 0.481 e. The van der Waals surface area contributed by atoms with Crippen LogP contribution in [0.25, 0.3) is 17.4 Å². The molecular formula is C20H17ClFNO4S2. The molecule has 29 heavy (non-hydrogen) atoms. The number of carbonyl (C=O) groups excluding carboxylic acids is 1. The van der Waals surface area contributed by atoms with E-state index in [1.165, 1.54) is 34.9 Å². The first kappa shape index (κ1) is 21.5. The van der Waals surface area contributed by atoms with Crippen molar-refractivity contribution in [2.24, 2.45) is 0 Å². The van der Waals surface area contributed by atoms with Crippen molar-refractivity contribution in [1.29, 1.82) is 0 Å². The molecule has 1 amide bonds. The third-order valence-corrected chi connectivity index (χ3v) is 5.95. The van der Waals surface area contributed by atoms with Gasteiger partial charge in [-0.1, -0.05) is 42.0 Å². The lowest BCUT2D eigenvalue weighted by Gasteiger charge is -2.13. The first-order chi connectivity index (χ1) is 13.8. The summed E-state index contributed by atoms with van der Waals surface area (Å²) in [6.07, 6.45) is 3.67. The highest BCUT2D eigenvalue weighted by Gasteiger charge is 2.31. The van der Waals surface area contributed by atoms with Crippen LogP contribution in [0, 0.1) is 5.82 Å². The average Bonchev–Trinajstić information content (AvgIpc) is 3.23. The molecule has 1 aliphatic rings. The van der Waals surface area contributed by atoms with Crippen molar-refractivity contribution in [3.63, 3.8) is 0 Å². The normalized spacial score (nSPS) is 15.5. The van der Waals surface area contributed by atoms with E-state index in [0.29, 0.717) is 57.1 Å². The smallest absolute Gasteiger partial charge is 0.303 e. The second-order valence-electron chi connectivity index (χ2n) is 6.36. The summed E-state index contributed by atoms with van der Waals surface area (Å²) in [7, 11) is 0. The number of furan rings is 1. The molecule has 0 bridgehead atoms. The molecule has 0 aliphatic carbocycles. The number of nitrogens with zero attached hydrogens (tertiary/aromatic N) is 1. The van der Waals surface area contributed by atoms with Gasteiger partial charge in [-0.15, -0.1) is 0 Å². The van der Waals surface area contributed by atoms with E-state index in [1.54, 1.807) is 18.2 Å². The van der Waals surface area contributed by atoms with Crippen LogP contribution in [0.3, 0.4) is 0 Å². The van der Waals surface area contributed by atoms with Gasteiger partial charge in [0, 0.05) is 24.6 Å². The summed E-state index contributed by atoms with van der Waals surface area (Å²) in [5, 5.41) is 9.02. The number of aliphatic carboxylic acids is 1. The SMILES string of the molecule is O=C(O)CCCCCN1C(=O)/C(=C/c2ccc(-c3cc(F)ccc3Cl)o2)SC1=S. The number of thiocarbonyl (C=S) groups is 1.